The zero-order valence-electron chi connectivity index (χ0n) is 18.2. The molecule has 0 aliphatic heterocycles. The van der Waals surface area contributed by atoms with Crippen LogP contribution in [0, 0.1) is 5.92 Å². The number of thioether (sulfide) groups is 1. The summed E-state index contributed by atoms with van der Waals surface area (Å²) in [5.74, 6) is 0.142. The van der Waals surface area contributed by atoms with E-state index in [2.05, 4.69) is 15.5 Å². The van der Waals surface area contributed by atoms with Crippen LogP contribution in [0.3, 0.4) is 0 Å². The van der Waals surface area contributed by atoms with Gasteiger partial charge in [0.05, 0.1) is 5.75 Å². The lowest BCUT2D eigenvalue weighted by Gasteiger charge is -2.23. The molecule has 1 aliphatic carbocycles. The van der Waals surface area contributed by atoms with Gasteiger partial charge >= 0.3 is 5.97 Å². The molecule has 1 N–H and O–H groups in total. The van der Waals surface area contributed by atoms with Gasteiger partial charge in [0.2, 0.25) is 27.8 Å². The molecule has 1 fully saturated rings. The van der Waals surface area contributed by atoms with E-state index in [0.29, 0.717) is 31.8 Å². The third kappa shape index (κ3) is 6.37. The fourth-order valence-electron chi connectivity index (χ4n) is 2.65. The second kappa shape index (κ2) is 10.2. The third-order valence-electron chi connectivity index (χ3n) is 4.66. The first-order chi connectivity index (χ1) is 16.2. The van der Waals surface area contributed by atoms with Crippen LogP contribution in [-0.4, -0.2) is 27.7 Å². The van der Waals surface area contributed by atoms with E-state index in [-0.39, 0.29) is 17.6 Å². The van der Waals surface area contributed by atoms with Crippen LogP contribution in [0.2, 0.25) is 5.02 Å². The molecule has 0 spiro atoms. The summed E-state index contributed by atoms with van der Waals surface area (Å²) in [5.41, 5.74) is -1.87. The van der Waals surface area contributed by atoms with Gasteiger partial charge in [-0.1, -0.05) is 34.7 Å². The van der Waals surface area contributed by atoms with Crippen molar-refractivity contribution >= 4 is 51.7 Å². The fourth-order valence-corrected chi connectivity index (χ4v) is 4.43. The summed E-state index contributed by atoms with van der Waals surface area (Å²) in [7, 11) is 0. The molecule has 0 radical (unpaired) electrons. The van der Waals surface area contributed by atoms with Gasteiger partial charge < -0.3 is 19.2 Å². The van der Waals surface area contributed by atoms with Crippen LogP contribution in [0.1, 0.15) is 32.4 Å². The first kappa shape index (κ1) is 24.2. The second-order valence-corrected chi connectivity index (χ2v) is 10.6. The Morgan fingerprint density at radius 2 is 2.00 bits per heavy atom. The van der Waals surface area contributed by atoms with Crippen LogP contribution in [0.25, 0.3) is 0 Å². The highest BCUT2D eigenvalue weighted by molar-refractivity contribution is 8.00. The molecule has 0 bridgehead atoms. The van der Waals surface area contributed by atoms with Crippen molar-refractivity contribution in [3.05, 3.63) is 57.6 Å². The Labute approximate surface area is 207 Å². The predicted octanol–water partition coefficient (Wildman–Crippen LogP) is 4.55. The maximum absolute atomic E-state index is 12.6. The zero-order chi connectivity index (χ0) is 24.3. The van der Waals surface area contributed by atoms with Crippen LogP contribution in [0.15, 0.2) is 50.1 Å². The average Bonchev–Trinajstić information content (AvgIpc) is 3.56. The highest BCUT2D eigenvalue weighted by Gasteiger charge is 2.33. The summed E-state index contributed by atoms with van der Waals surface area (Å²) in [6.45, 7) is 3.06. The van der Waals surface area contributed by atoms with Crippen molar-refractivity contribution in [1.82, 2.24) is 10.2 Å². The van der Waals surface area contributed by atoms with Crippen molar-refractivity contribution in [2.75, 3.05) is 5.32 Å². The molecule has 2 heterocycles. The number of nitrogens with zero attached hydrogens (tertiary/aromatic N) is 2. The number of carbonyl (C=O) groups excluding carboxylic acids is 2. The lowest BCUT2D eigenvalue weighted by atomic mass is 10.1. The first-order valence-corrected chi connectivity index (χ1v) is 12.4. The van der Waals surface area contributed by atoms with Crippen LogP contribution >= 0.6 is 34.7 Å². The van der Waals surface area contributed by atoms with Crippen molar-refractivity contribution in [3.63, 3.8) is 0 Å². The molecular weight excluding hydrogens is 502 g/mol. The smallest absolute Gasteiger partial charge is 0.355 e. The summed E-state index contributed by atoms with van der Waals surface area (Å²) in [5, 5.41) is 11.7. The van der Waals surface area contributed by atoms with Gasteiger partial charge in [-0.3, -0.25) is 9.59 Å². The standard InChI is InChI=1S/C22H20ClN3O6S2/c1-22(2,32-14-7-5-13(23)6-8-14)19(29)31-17-10-30-15(9-16(17)27)11-33-21-26-25-20(34-21)24-18(28)12-3-4-12/h5-10,12H,3-4,11H2,1-2H3,(H,24,25,28). The number of amides is 1. The molecule has 34 heavy (non-hydrogen) atoms. The van der Waals surface area contributed by atoms with E-state index in [4.69, 9.17) is 25.5 Å². The third-order valence-corrected chi connectivity index (χ3v) is 6.90. The monoisotopic (exact) mass is 521 g/mol. The summed E-state index contributed by atoms with van der Waals surface area (Å²) < 4.78 is 17.0. The number of carbonyl (C=O) groups is 2. The van der Waals surface area contributed by atoms with Crippen molar-refractivity contribution in [3.8, 4) is 11.5 Å². The molecule has 1 aromatic carbocycles. The minimum atomic E-state index is -1.36. The Bertz CT molecular complexity index is 1250. The Morgan fingerprint density at radius 3 is 2.68 bits per heavy atom. The number of ether oxygens (including phenoxy) is 2. The summed E-state index contributed by atoms with van der Waals surface area (Å²) >= 11 is 8.40. The maximum atomic E-state index is 12.6. The molecule has 1 amide bonds. The van der Waals surface area contributed by atoms with Crippen LogP contribution < -0.4 is 20.2 Å². The molecule has 1 saturated carbocycles. The van der Waals surface area contributed by atoms with Crippen molar-refractivity contribution < 1.29 is 23.5 Å². The zero-order valence-corrected chi connectivity index (χ0v) is 20.6. The Balaban J connectivity index is 1.32. The van der Waals surface area contributed by atoms with Gasteiger partial charge in [0, 0.05) is 17.0 Å². The number of benzene rings is 1. The lowest BCUT2D eigenvalue weighted by Crippen LogP contribution is -2.42. The lowest BCUT2D eigenvalue weighted by molar-refractivity contribution is -0.149. The minimum Gasteiger partial charge on any atom is -0.476 e. The highest BCUT2D eigenvalue weighted by atomic mass is 35.5. The Kier molecular flexibility index (Phi) is 7.24. The second-order valence-electron chi connectivity index (χ2n) is 7.96. The Hall–Kier alpha value is -2.89. The predicted molar refractivity (Wildman–Crippen MR) is 128 cm³/mol. The number of nitrogens with one attached hydrogen (secondary N) is 1. The maximum Gasteiger partial charge on any atom is 0.355 e. The molecule has 0 saturated heterocycles. The van der Waals surface area contributed by atoms with E-state index < -0.39 is 17.0 Å². The Morgan fingerprint density at radius 1 is 1.26 bits per heavy atom. The molecule has 0 unspecified atom stereocenters. The number of hydrogen-bond acceptors (Lipinski definition) is 10. The van der Waals surface area contributed by atoms with Crippen LogP contribution in [0.4, 0.5) is 5.13 Å². The molecular formula is C22H20ClN3O6S2. The number of anilines is 1. The van der Waals surface area contributed by atoms with Gasteiger partial charge in [-0.05, 0) is 51.0 Å². The van der Waals surface area contributed by atoms with E-state index in [9.17, 15) is 14.4 Å². The van der Waals surface area contributed by atoms with E-state index in [1.807, 2.05) is 0 Å². The molecule has 4 rings (SSSR count). The van der Waals surface area contributed by atoms with Gasteiger partial charge in [-0.15, -0.1) is 10.2 Å². The number of aromatic nitrogens is 2. The quantitative estimate of drug-likeness (QED) is 0.245. The fraction of sp³-hybridized carbons (Fsp3) is 0.318. The summed E-state index contributed by atoms with van der Waals surface area (Å²) in [6.07, 6.45) is 2.91. The highest BCUT2D eigenvalue weighted by Crippen LogP contribution is 2.32. The molecule has 2 aromatic heterocycles. The molecule has 12 heteroatoms. The van der Waals surface area contributed by atoms with E-state index in [1.165, 1.54) is 43.0 Å². The molecule has 1 aliphatic rings. The normalized spacial score (nSPS) is 13.4. The number of halogens is 1. The van der Waals surface area contributed by atoms with E-state index >= 15 is 0 Å². The van der Waals surface area contributed by atoms with Crippen LogP contribution in [0.5, 0.6) is 11.5 Å². The van der Waals surface area contributed by atoms with Gasteiger partial charge in [0.15, 0.2) is 4.34 Å². The van der Waals surface area contributed by atoms with E-state index in [1.54, 1.807) is 24.3 Å². The summed E-state index contributed by atoms with van der Waals surface area (Å²) in [4.78, 5) is 36.8. The SMILES string of the molecule is CC(C)(Oc1ccc(Cl)cc1)C(=O)Oc1coc(CSc2nnc(NC(=O)C3CC3)s2)cc1=O. The van der Waals surface area contributed by atoms with Crippen molar-refractivity contribution in [1.29, 1.82) is 0 Å². The first-order valence-electron chi connectivity index (χ1n) is 10.3. The topological polar surface area (TPSA) is 121 Å². The van der Waals surface area contributed by atoms with Crippen molar-refractivity contribution in [2.45, 2.75) is 42.4 Å². The summed E-state index contributed by atoms with van der Waals surface area (Å²) in [6, 6.07) is 7.77. The van der Waals surface area contributed by atoms with Gasteiger partial charge in [-0.2, -0.15) is 0 Å². The molecule has 3 aromatic rings. The number of hydrogen-bond donors (Lipinski definition) is 1. The van der Waals surface area contributed by atoms with E-state index in [0.717, 1.165) is 19.1 Å². The minimum absolute atomic E-state index is 0.0365. The average molecular weight is 522 g/mol. The van der Waals surface area contributed by atoms with Gasteiger partial charge in [0.25, 0.3) is 0 Å². The molecule has 9 nitrogen and oxygen atoms in total. The largest absolute Gasteiger partial charge is 0.476 e. The van der Waals surface area contributed by atoms with Gasteiger partial charge in [-0.25, -0.2) is 4.79 Å². The molecule has 0 atom stereocenters. The molecule has 178 valence electrons. The number of esters is 1. The van der Waals surface area contributed by atoms with Crippen molar-refractivity contribution in [2.24, 2.45) is 5.92 Å². The van der Waals surface area contributed by atoms with Crippen LogP contribution in [-0.2, 0) is 15.3 Å². The van der Waals surface area contributed by atoms with Gasteiger partial charge in [0.1, 0.15) is 17.8 Å². The number of rotatable bonds is 9.